The highest BCUT2D eigenvalue weighted by atomic mass is 35.5. The van der Waals surface area contributed by atoms with E-state index in [0.29, 0.717) is 28.7 Å². The van der Waals surface area contributed by atoms with Gasteiger partial charge in [0.05, 0.1) is 15.6 Å². The van der Waals surface area contributed by atoms with Gasteiger partial charge in [-0.15, -0.1) is 0 Å². The fourth-order valence-corrected chi connectivity index (χ4v) is 5.49. The van der Waals surface area contributed by atoms with Crippen molar-refractivity contribution in [1.29, 1.82) is 0 Å². The van der Waals surface area contributed by atoms with Crippen LogP contribution in [0.4, 0.5) is 4.39 Å². The number of H-pyrrole nitrogens is 1. The van der Waals surface area contributed by atoms with Crippen molar-refractivity contribution < 1.29 is 14.3 Å². The Morgan fingerprint density at radius 1 is 1.33 bits per heavy atom. The maximum atomic E-state index is 13.9. The van der Waals surface area contributed by atoms with Crippen LogP contribution in [0.5, 0.6) is 0 Å². The number of amides is 1. The number of nitrogens with zero attached hydrogens (tertiary/aromatic N) is 2. The van der Waals surface area contributed by atoms with Gasteiger partial charge in [-0.3, -0.25) is 4.79 Å². The number of halogens is 3. The Kier molecular flexibility index (Phi) is 4.76. The van der Waals surface area contributed by atoms with E-state index in [-0.39, 0.29) is 11.3 Å². The molecule has 2 aliphatic rings. The van der Waals surface area contributed by atoms with Crippen LogP contribution in [-0.2, 0) is 17.6 Å². The topological polar surface area (TPSA) is 69.2 Å². The number of aromatic nitrogens is 2. The average Bonchev–Trinajstić information content (AvgIpc) is 3.32. The second kappa shape index (κ2) is 7.22. The molecular weight excluding hydrogens is 428 g/mol. The Morgan fingerprint density at radius 2 is 2.17 bits per heavy atom. The molecule has 3 aromatic rings. The average molecular weight is 448 g/mol. The molecule has 0 radical (unpaired) electrons. The van der Waals surface area contributed by atoms with E-state index >= 15 is 0 Å². The second-order valence-corrected chi connectivity index (χ2v) is 9.10. The lowest BCUT2D eigenvalue weighted by Crippen LogP contribution is -2.36. The van der Waals surface area contributed by atoms with Gasteiger partial charge < -0.3 is 15.0 Å². The summed E-state index contributed by atoms with van der Waals surface area (Å²) in [5, 5.41) is 11.0. The second-order valence-electron chi connectivity index (χ2n) is 8.32. The summed E-state index contributed by atoms with van der Waals surface area (Å²) in [5.41, 5.74) is 4.51. The highest BCUT2D eigenvalue weighted by Crippen LogP contribution is 2.48. The molecule has 2 N–H and O–H groups in total. The Morgan fingerprint density at radius 3 is 2.93 bits per heavy atom. The number of aromatic amines is 1. The van der Waals surface area contributed by atoms with E-state index in [9.17, 15) is 14.3 Å². The van der Waals surface area contributed by atoms with Gasteiger partial charge in [-0.05, 0) is 59.9 Å². The Bertz CT molecular complexity index is 1180. The first kappa shape index (κ1) is 19.8. The van der Waals surface area contributed by atoms with E-state index in [1.165, 1.54) is 12.3 Å². The lowest BCUT2D eigenvalue weighted by molar-refractivity contribution is -0.133. The summed E-state index contributed by atoms with van der Waals surface area (Å²) in [6, 6.07) is 4.94. The molecule has 8 heteroatoms. The summed E-state index contributed by atoms with van der Waals surface area (Å²) < 4.78 is 13.9. The van der Waals surface area contributed by atoms with Crippen LogP contribution in [0.3, 0.4) is 0 Å². The monoisotopic (exact) mass is 447 g/mol. The molecular formula is C22H20Cl2FN3O2. The molecule has 1 unspecified atom stereocenters. The minimum absolute atomic E-state index is 0.0279. The zero-order valence-electron chi connectivity index (χ0n) is 16.1. The highest BCUT2D eigenvalue weighted by molar-refractivity contribution is 6.45. The van der Waals surface area contributed by atoms with E-state index in [2.05, 4.69) is 9.97 Å². The summed E-state index contributed by atoms with van der Waals surface area (Å²) in [6.07, 6.45) is 4.91. The molecule has 0 saturated carbocycles. The molecule has 2 aromatic heterocycles. The van der Waals surface area contributed by atoms with Gasteiger partial charge in [0.15, 0.2) is 0 Å². The smallest absolute Gasteiger partial charge is 0.248 e. The van der Waals surface area contributed by atoms with Crippen molar-refractivity contribution in [3.05, 3.63) is 51.6 Å². The number of rotatable bonds is 2. The van der Waals surface area contributed by atoms with Gasteiger partial charge in [0, 0.05) is 36.4 Å². The van der Waals surface area contributed by atoms with Crippen LogP contribution in [0.1, 0.15) is 24.1 Å². The Labute approximate surface area is 182 Å². The van der Waals surface area contributed by atoms with Crippen molar-refractivity contribution in [3.8, 4) is 11.1 Å². The van der Waals surface area contributed by atoms with Crippen LogP contribution in [0.25, 0.3) is 22.0 Å². The summed E-state index contributed by atoms with van der Waals surface area (Å²) in [6.45, 7) is 0.839. The maximum absolute atomic E-state index is 13.9. The largest absolute Gasteiger partial charge is 0.387 e. The van der Waals surface area contributed by atoms with Gasteiger partial charge in [-0.1, -0.05) is 23.2 Å². The molecule has 3 heterocycles. The molecule has 0 bridgehead atoms. The van der Waals surface area contributed by atoms with Crippen LogP contribution < -0.4 is 0 Å². The number of nitrogens with one attached hydrogen (secondary N) is 1. The molecule has 1 aromatic carbocycles. The zero-order valence-corrected chi connectivity index (χ0v) is 17.7. The van der Waals surface area contributed by atoms with Gasteiger partial charge in [0.25, 0.3) is 0 Å². The Hall–Kier alpha value is -2.15. The quantitative estimate of drug-likeness (QED) is 0.572. The van der Waals surface area contributed by atoms with E-state index < -0.39 is 12.6 Å². The third-order valence-electron chi connectivity index (χ3n) is 6.58. The van der Waals surface area contributed by atoms with Crippen molar-refractivity contribution in [2.45, 2.75) is 25.7 Å². The third kappa shape index (κ3) is 3.09. The lowest BCUT2D eigenvalue weighted by atomic mass is 9.72. The number of carbonyl (C=O) groups is 1. The molecule has 156 valence electrons. The number of benzene rings is 1. The molecule has 1 aliphatic carbocycles. The van der Waals surface area contributed by atoms with Crippen molar-refractivity contribution in [2.24, 2.45) is 5.41 Å². The predicted molar refractivity (Wildman–Crippen MR) is 114 cm³/mol. The van der Waals surface area contributed by atoms with E-state index in [1.807, 2.05) is 0 Å². The summed E-state index contributed by atoms with van der Waals surface area (Å²) in [4.78, 5) is 20.9. The molecule has 1 amide bonds. The minimum Gasteiger partial charge on any atom is -0.387 e. The summed E-state index contributed by atoms with van der Waals surface area (Å²) in [7, 11) is 0. The van der Waals surface area contributed by atoms with Crippen LogP contribution in [-0.4, -0.2) is 45.6 Å². The third-order valence-corrected chi connectivity index (χ3v) is 7.37. The molecule has 5 nitrogen and oxygen atoms in total. The lowest BCUT2D eigenvalue weighted by Gasteiger charge is -2.33. The van der Waals surface area contributed by atoms with Crippen molar-refractivity contribution in [1.82, 2.24) is 14.9 Å². The maximum Gasteiger partial charge on any atom is 0.248 e. The number of hydrogen-bond donors (Lipinski definition) is 2. The molecule has 5 rings (SSSR count). The summed E-state index contributed by atoms with van der Waals surface area (Å²) in [5.74, 6) is -0.777. The number of aryl methyl sites for hydroxylation is 1. The first-order valence-corrected chi connectivity index (χ1v) is 10.7. The fraction of sp³-hybridized carbons (Fsp3) is 0.364. The normalized spacial score (nSPS) is 20.9. The SMILES string of the molecule is O=C(CO)N1CCC2(CCc3[nH]c4c(Cl)c(Cl)cc(-c5ccnc(F)c5)c4c3C2)C1. The van der Waals surface area contributed by atoms with Crippen molar-refractivity contribution >= 4 is 40.0 Å². The van der Waals surface area contributed by atoms with Gasteiger partial charge >= 0.3 is 0 Å². The number of hydrogen-bond acceptors (Lipinski definition) is 3. The van der Waals surface area contributed by atoms with Crippen LogP contribution in [0.2, 0.25) is 10.0 Å². The van der Waals surface area contributed by atoms with Gasteiger partial charge in [-0.25, -0.2) is 4.98 Å². The van der Waals surface area contributed by atoms with Crippen LogP contribution >= 0.6 is 23.2 Å². The highest BCUT2D eigenvalue weighted by Gasteiger charge is 2.43. The molecule has 1 atom stereocenters. The number of fused-ring (bicyclic) bond motifs is 3. The Balaban J connectivity index is 1.65. The van der Waals surface area contributed by atoms with Crippen molar-refractivity contribution in [3.63, 3.8) is 0 Å². The van der Waals surface area contributed by atoms with Crippen LogP contribution in [0, 0.1) is 11.4 Å². The molecule has 1 spiro atoms. The van der Waals surface area contributed by atoms with E-state index in [0.717, 1.165) is 53.4 Å². The first-order valence-electron chi connectivity index (χ1n) is 9.93. The molecule has 1 aliphatic heterocycles. The van der Waals surface area contributed by atoms with Gasteiger partial charge in [-0.2, -0.15) is 4.39 Å². The number of likely N-dealkylation sites (tertiary alicyclic amines) is 1. The molecule has 30 heavy (non-hydrogen) atoms. The fourth-order valence-electron chi connectivity index (χ4n) is 5.09. The molecule has 1 saturated heterocycles. The van der Waals surface area contributed by atoms with E-state index in [4.69, 9.17) is 23.2 Å². The minimum atomic E-state index is -0.554. The van der Waals surface area contributed by atoms with Crippen LogP contribution in [0.15, 0.2) is 24.4 Å². The zero-order chi connectivity index (χ0) is 21.0. The van der Waals surface area contributed by atoms with E-state index in [1.54, 1.807) is 17.0 Å². The van der Waals surface area contributed by atoms with Crippen molar-refractivity contribution in [2.75, 3.05) is 19.7 Å². The predicted octanol–water partition coefficient (Wildman–Crippen LogP) is 4.38. The standard InChI is InChI=1S/C22H20Cl2FN3O2/c23-15-8-13(12-2-5-26-17(25)7-12)19-14-9-22(4-6-28(11-22)18(30)10-29)3-1-16(14)27-21(19)20(15)24/h2,5,7-8,27,29H,1,3-4,6,9-11H2. The summed E-state index contributed by atoms with van der Waals surface area (Å²) >= 11 is 12.9. The first-order chi connectivity index (χ1) is 14.4. The van der Waals surface area contributed by atoms with Gasteiger partial charge in [0.2, 0.25) is 11.9 Å². The molecule has 1 fully saturated rings. The number of aliphatic hydroxyl groups excluding tert-OH is 1. The number of carbonyl (C=O) groups excluding carboxylic acids is 1. The number of pyridine rings is 1. The number of aliphatic hydroxyl groups is 1. The van der Waals surface area contributed by atoms with Gasteiger partial charge in [0.1, 0.15) is 6.61 Å².